The van der Waals surface area contributed by atoms with E-state index in [0.717, 1.165) is 12.8 Å². The Morgan fingerprint density at radius 1 is 1.38 bits per heavy atom. The highest BCUT2D eigenvalue weighted by atomic mass is 32.1. The summed E-state index contributed by atoms with van der Waals surface area (Å²) in [5, 5.41) is 10.4. The third-order valence-electron chi connectivity index (χ3n) is 3.31. The van der Waals surface area contributed by atoms with Crippen molar-refractivity contribution in [2.75, 3.05) is 0 Å². The Bertz CT molecular complexity index is 556. The molecular weight excluding hydrogens is 220 g/mol. The fourth-order valence-electron chi connectivity index (χ4n) is 2.44. The number of fused-ring (bicyclic) bond motifs is 3. The van der Waals surface area contributed by atoms with E-state index in [9.17, 15) is 4.79 Å². The second-order valence-corrected chi connectivity index (χ2v) is 5.41. The highest BCUT2D eigenvalue weighted by Crippen LogP contribution is 2.37. The van der Waals surface area contributed by atoms with Crippen molar-refractivity contribution in [3.63, 3.8) is 0 Å². The summed E-state index contributed by atoms with van der Waals surface area (Å²) in [5.41, 5.74) is 1.39. The standard InChI is InChI=1S/C13H12O2S/c14-13(15)8-5-6-10-9-3-1-2-4-11(9)16-12(10)7-8/h1-4,8H,5-7H2,(H,14,15)/t8-/m1/s1. The normalized spacial score (nSPS) is 19.6. The van der Waals surface area contributed by atoms with Gasteiger partial charge in [-0.3, -0.25) is 4.79 Å². The molecule has 82 valence electrons. The Hall–Kier alpha value is -1.35. The molecule has 16 heavy (non-hydrogen) atoms. The number of hydrogen-bond donors (Lipinski definition) is 1. The molecule has 1 aliphatic rings. The summed E-state index contributed by atoms with van der Waals surface area (Å²) in [7, 11) is 0. The molecule has 0 fully saturated rings. The lowest BCUT2D eigenvalue weighted by Gasteiger charge is -2.18. The lowest BCUT2D eigenvalue weighted by atomic mass is 9.88. The number of carboxylic acids is 1. The maximum atomic E-state index is 11.0. The van der Waals surface area contributed by atoms with Crippen LogP contribution in [0.3, 0.4) is 0 Å². The molecule has 0 amide bonds. The van der Waals surface area contributed by atoms with Crippen molar-refractivity contribution in [3.05, 3.63) is 34.7 Å². The van der Waals surface area contributed by atoms with Crippen molar-refractivity contribution >= 4 is 27.4 Å². The predicted octanol–water partition coefficient (Wildman–Crippen LogP) is 3.09. The van der Waals surface area contributed by atoms with Gasteiger partial charge in [-0.25, -0.2) is 0 Å². The Morgan fingerprint density at radius 2 is 2.19 bits per heavy atom. The number of carboxylic acid groups (broad SMARTS) is 1. The first kappa shape index (κ1) is 9.85. The summed E-state index contributed by atoms with van der Waals surface area (Å²) in [6.07, 6.45) is 2.41. The molecule has 0 spiro atoms. The van der Waals surface area contributed by atoms with Gasteiger partial charge in [-0.15, -0.1) is 11.3 Å². The quantitative estimate of drug-likeness (QED) is 0.820. The van der Waals surface area contributed by atoms with E-state index in [1.807, 2.05) is 6.07 Å². The van der Waals surface area contributed by atoms with Gasteiger partial charge in [0.25, 0.3) is 0 Å². The second kappa shape index (κ2) is 3.59. The molecule has 0 saturated carbocycles. The summed E-state index contributed by atoms with van der Waals surface area (Å²) in [6.45, 7) is 0. The van der Waals surface area contributed by atoms with Crippen LogP contribution in [-0.4, -0.2) is 11.1 Å². The fourth-order valence-corrected chi connectivity index (χ4v) is 3.78. The SMILES string of the molecule is O=C(O)[C@@H]1CCc2c(sc3ccccc23)C1. The van der Waals surface area contributed by atoms with E-state index in [4.69, 9.17) is 5.11 Å². The molecule has 1 aromatic carbocycles. The Balaban J connectivity index is 2.09. The van der Waals surface area contributed by atoms with Crippen LogP contribution in [-0.2, 0) is 17.6 Å². The highest BCUT2D eigenvalue weighted by molar-refractivity contribution is 7.19. The molecule has 1 aromatic heterocycles. The summed E-state index contributed by atoms with van der Waals surface area (Å²) >= 11 is 1.76. The number of aliphatic carboxylic acids is 1. The zero-order valence-electron chi connectivity index (χ0n) is 8.77. The number of thiophene rings is 1. The van der Waals surface area contributed by atoms with Crippen LogP contribution < -0.4 is 0 Å². The molecule has 0 radical (unpaired) electrons. The number of aryl methyl sites for hydroxylation is 1. The third-order valence-corrected chi connectivity index (χ3v) is 4.54. The molecule has 0 aliphatic heterocycles. The largest absolute Gasteiger partial charge is 0.481 e. The first-order valence-electron chi connectivity index (χ1n) is 5.48. The lowest BCUT2D eigenvalue weighted by Crippen LogP contribution is -2.20. The zero-order valence-corrected chi connectivity index (χ0v) is 9.59. The van der Waals surface area contributed by atoms with Gasteiger partial charge in [-0.05, 0) is 36.3 Å². The number of hydrogen-bond acceptors (Lipinski definition) is 2. The molecule has 1 N–H and O–H groups in total. The lowest BCUT2D eigenvalue weighted by molar-refractivity contribution is -0.142. The topological polar surface area (TPSA) is 37.3 Å². The Labute approximate surface area is 97.5 Å². The van der Waals surface area contributed by atoms with Crippen LogP contribution in [0.25, 0.3) is 10.1 Å². The van der Waals surface area contributed by atoms with Crippen LogP contribution in [0.4, 0.5) is 0 Å². The van der Waals surface area contributed by atoms with Gasteiger partial charge in [0.05, 0.1) is 5.92 Å². The van der Waals surface area contributed by atoms with E-state index >= 15 is 0 Å². The Morgan fingerprint density at radius 3 is 3.00 bits per heavy atom. The summed E-state index contributed by atoms with van der Waals surface area (Å²) in [5.74, 6) is -0.830. The van der Waals surface area contributed by atoms with E-state index in [-0.39, 0.29) is 5.92 Å². The second-order valence-electron chi connectivity index (χ2n) is 4.28. The van der Waals surface area contributed by atoms with Gasteiger partial charge in [-0.2, -0.15) is 0 Å². The average molecular weight is 232 g/mol. The van der Waals surface area contributed by atoms with E-state index in [0.29, 0.717) is 6.42 Å². The molecule has 2 aromatic rings. The minimum Gasteiger partial charge on any atom is -0.481 e. The van der Waals surface area contributed by atoms with Crippen molar-refractivity contribution in [2.45, 2.75) is 19.3 Å². The highest BCUT2D eigenvalue weighted by Gasteiger charge is 2.26. The molecule has 2 nitrogen and oxygen atoms in total. The van der Waals surface area contributed by atoms with E-state index in [1.165, 1.54) is 20.5 Å². The minimum atomic E-state index is -0.650. The average Bonchev–Trinajstić information content (AvgIpc) is 2.66. The molecular formula is C13H12O2S. The smallest absolute Gasteiger partial charge is 0.306 e. The van der Waals surface area contributed by atoms with Gasteiger partial charge < -0.3 is 5.11 Å². The number of carbonyl (C=O) groups is 1. The predicted molar refractivity (Wildman–Crippen MR) is 65.0 cm³/mol. The van der Waals surface area contributed by atoms with Crippen LogP contribution in [0.5, 0.6) is 0 Å². The van der Waals surface area contributed by atoms with Crippen LogP contribution >= 0.6 is 11.3 Å². The van der Waals surface area contributed by atoms with Gasteiger partial charge in [0.1, 0.15) is 0 Å². The van der Waals surface area contributed by atoms with Gasteiger partial charge in [-0.1, -0.05) is 18.2 Å². The summed E-state index contributed by atoms with van der Waals surface area (Å²) < 4.78 is 1.29. The van der Waals surface area contributed by atoms with Crippen molar-refractivity contribution in [1.29, 1.82) is 0 Å². The molecule has 1 aliphatic carbocycles. The van der Waals surface area contributed by atoms with Gasteiger partial charge >= 0.3 is 5.97 Å². The van der Waals surface area contributed by atoms with Crippen molar-refractivity contribution in [3.8, 4) is 0 Å². The number of rotatable bonds is 1. The molecule has 3 rings (SSSR count). The van der Waals surface area contributed by atoms with E-state index < -0.39 is 5.97 Å². The molecule has 0 saturated heterocycles. The maximum Gasteiger partial charge on any atom is 0.306 e. The van der Waals surface area contributed by atoms with Crippen LogP contribution in [0.1, 0.15) is 16.9 Å². The van der Waals surface area contributed by atoms with E-state index in [2.05, 4.69) is 18.2 Å². The van der Waals surface area contributed by atoms with Gasteiger partial charge in [0.2, 0.25) is 0 Å². The molecule has 0 unspecified atom stereocenters. The van der Waals surface area contributed by atoms with Crippen molar-refractivity contribution < 1.29 is 9.90 Å². The van der Waals surface area contributed by atoms with Gasteiger partial charge in [0, 0.05) is 9.58 Å². The van der Waals surface area contributed by atoms with Crippen molar-refractivity contribution in [2.24, 2.45) is 5.92 Å². The van der Waals surface area contributed by atoms with Gasteiger partial charge in [0.15, 0.2) is 0 Å². The molecule has 1 atom stereocenters. The molecule has 0 bridgehead atoms. The zero-order chi connectivity index (χ0) is 11.1. The van der Waals surface area contributed by atoms with Crippen LogP contribution in [0.2, 0.25) is 0 Å². The van der Waals surface area contributed by atoms with Crippen molar-refractivity contribution in [1.82, 2.24) is 0 Å². The summed E-state index contributed by atoms with van der Waals surface area (Å²) in [6, 6.07) is 8.36. The minimum absolute atomic E-state index is 0.180. The van der Waals surface area contributed by atoms with Crippen LogP contribution in [0.15, 0.2) is 24.3 Å². The third kappa shape index (κ3) is 1.43. The number of benzene rings is 1. The monoisotopic (exact) mass is 232 g/mol. The summed E-state index contributed by atoms with van der Waals surface area (Å²) in [4.78, 5) is 12.3. The fraction of sp³-hybridized carbons (Fsp3) is 0.308. The molecule has 3 heteroatoms. The first-order chi connectivity index (χ1) is 7.75. The van der Waals surface area contributed by atoms with Crippen LogP contribution in [0, 0.1) is 5.92 Å². The molecule has 1 heterocycles. The Kier molecular flexibility index (Phi) is 2.21. The first-order valence-corrected chi connectivity index (χ1v) is 6.29. The van der Waals surface area contributed by atoms with E-state index in [1.54, 1.807) is 11.3 Å². The maximum absolute atomic E-state index is 11.0.